The SMILES string of the molecule is CCCCCCCCCCCCCC(=O)N(CCC[N+](C)(C)[O-])CCC[N+](C)(C)[O-]. The Hall–Kier alpha value is -0.690. The first-order valence-electron chi connectivity index (χ1n) is 12.4. The molecule has 0 bridgehead atoms. The summed E-state index contributed by atoms with van der Waals surface area (Å²) in [6.07, 6.45) is 16.0. The van der Waals surface area contributed by atoms with Crippen molar-refractivity contribution in [3.63, 3.8) is 0 Å². The molecule has 1 amide bonds. The number of carbonyl (C=O) groups excluding carboxylic acids is 1. The van der Waals surface area contributed by atoms with Gasteiger partial charge in [-0.1, -0.05) is 71.1 Å². The van der Waals surface area contributed by atoms with E-state index in [4.69, 9.17) is 0 Å². The Balaban J connectivity index is 4.03. The van der Waals surface area contributed by atoms with E-state index in [9.17, 15) is 15.2 Å². The molecule has 0 rings (SSSR count). The van der Waals surface area contributed by atoms with Crippen molar-refractivity contribution in [2.45, 2.75) is 96.8 Å². The van der Waals surface area contributed by atoms with Crippen LogP contribution in [0.4, 0.5) is 0 Å². The first-order chi connectivity index (χ1) is 14.0. The second-order valence-electron chi connectivity index (χ2n) is 9.97. The maximum absolute atomic E-state index is 12.7. The van der Waals surface area contributed by atoms with Gasteiger partial charge in [-0.3, -0.25) is 4.79 Å². The monoisotopic (exact) mass is 429 g/mol. The van der Waals surface area contributed by atoms with Crippen LogP contribution < -0.4 is 0 Å². The summed E-state index contributed by atoms with van der Waals surface area (Å²) in [5, 5.41) is 23.6. The molecule has 0 radical (unpaired) electrons. The van der Waals surface area contributed by atoms with Crippen molar-refractivity contribution in [3.8, 4) is 0 Å². The van der Waals surface area contributed by atoms with Gasteiger partial charge in [0.05, 0.1) is 41.3 Å². The summed E-state index contributed by atoms with van der Waals surface area (Å²) in [4.78, 5) is 14.6. The van der Waals surface area contributed by atoms with E-state index in [2.05, 4.69) is 6.92 Å². The van der Waals surface area contributed by atoms with E-state index >= 15 is 0 Å². The Labute approximate surface area is 186 Å². The average molecular weight is 430 g/mol. The number of quaternary nitrogens is 2. The number of hydrogen-bond acceptors (Lipinski definition) is 3. The Bertz CT molecular complexity index is 397. The topological polar surface area (TPSA) is 66.4 Å². The molecule has 0 saturated carbocycles. The zero-order chi connectivity index (χ0) is 22.9. The second kappa shape index (κ2) is 16.9. The lowest BCUT2D eigenvalue weighted by Crippen LogP contribution is -2.40. The molecule has 0 aliphatic carbocycles. The summed E-state index contributed by atoms with van der Waals surface area (Å²) in [5.74, 6) is 0.179. The minimum Gasteiger partial charge on any atom is -0.633 e. The lowest BCUT2D eigenvalue weighted by molar-refractivity contribution is -0.840. The van der Waals surface area contributed by atoms with Gasteiger partial charge in [0.2, 0.25) is 5.91 Å². The van der Waals surface area contributed by atoms with Crippen molar-refractivity contribution in [2.75, 3.05) is 54.4 Å². The molecule has 0 atom stereocenters. The van der Waals surface area contributed by atoms with Crippen molar-refractivity contribution >= 4 is 5.91 Å². The fourth-order valence-electron chi connectivity index (χ4n) is 3.74. The molecule has 0 N–H and O–H groups in total. The molecular formula is C24H51N3O3. The van der Waals surface area contributed by atoms with Crippen LogP contribution in [-0.4, -0.2) is 74.5 Å². The van der Waals surface area contributed by atoms with Gasteiger partial charge in [-0.15, -0.1) is 0 Å². The number of unbranched alkanes of at least 4 members (excludes halogenated alkanes) is 10. The molecule has 30 heavy (non-hydrogen) atoms. The Morgan fingerprint density at radius 2 is 1.00 bits per heavy atom. The third kappa shape index (κ3) is 20.6. The fraction of sp³-hybridized carbons (Fsp3) is 0.958. The van der Waals surface area contributed by atoms with Crippen LogP contribution in [0.1, 0.15) is 96.8 Å². The summed E-state index contributed by atoms with van der Waals surface area (Å²) in [6, 6.07) is 0. The van der Waals surface area contributed by atoms with Gasteiger partial charge >= 0.3 is 0 Å². The van der Waals surface area contributed by atoms with E-state index in [1.165, 1.54) is 57.8 Å². The highest BCUT2D eigenvalue weighted by Crippen LogP contribution is 2.13. The Morgan fingerprint density at radius 3 is 1.37 bits per heavy atom. The highest BCUT2D eigenvalue weighted by atomic mass is 16.5. The number of rotatable bonds is 20. The van der Waals surface area contributed by atoms with Gasteiger partial charge in [-0.05, 0) is 6.42 Å². The van der Waals surface area contributed by atoms with Crippen LogP contribution in [0.5, 0.6) is 0 Å². The first-order valence-corrected chi connectivity index (χ1v) is 12.4. The standard InChI is InChI=1S/C24H51N3O3/c1-6-7-8-9-10-11-12-13-14-15-16-19-24(28)25(20-17-22-26(2,3)29)21-18-23-27(4,5)30/h6-23H2,1-5H3. The lowest BCUT2D eigenvalue weighted by atomic mass is 10.1. The molecule has 0 fully saturated rings. The molecule has 0 aromatic carbocycles. The van der Waals surface area contributed by atoms with Crippen LogP contribution in [0, 0.1) is 10.4 Å². The molecule has 0 spiro atoms. The molecule has 0 saturated heterocycles. The minimum atomic E-state index is -0.328. The summed E-state index contributed by atoms with van der Waals surface area (Å²) < 4.78 is -0.657. The maximum atomic E-state index is 12.7. The van der Waals surface area contributed by atoms with Crippen LogP contribution >= 0.6 is 0 Å². The number of amides is 1. The molecule has 0 unspecified atom stereocenters. The molecule has 0 aromatic rings. The normalized spacial score (nSPS) is 12.4. The number of hydroxylamine groups is 6. The quantitative estimate of drug-likeness (QED) is 0.147. The third-order valence-electron chi connectivity index (χ3n) is 5.60. The van der Waals surface area contributed by atoms with E-state index in [1.807, 2.05) is 4.90 Å². The molecule has 6 heteroatoms. The predicted octanol–water partition coefficient (Wildman–Crippen LogP) is 5.44. The Morgan fingerprint density at radius 1 is 0.633 bits per heavy atom. The van der Waals surface area contributed by atoms with E-state index in [-0.39, 0.29) is 15.2 Å². The summed E-state index contributed by atoms with van der Waals surface area (Å²) in [6.45, 7) is 4.50. The van der Waals surface area contributed by atoms with Crippen molar-refractivity contribution in [2.24, 2.45) is 0 Å². The predicted molar refractivity (Wildman–Crippen MR) is 128 cm³/mol. The summed E-state index contributed by atoms with van der Waals surface area (Å²) in [7, 11) is 6.53. The first kappa shape index (κ1) is 29.3. The zero-order valence-corrected chi connectivity index (χ0v) is 20.8. The molecule has 0 aromatic heterocycles. The average Bonchev–Trinajstić information content (AvgIpc) is 2.62. The number of hydrogen-bond donors (Lipinski definition) is 0. The molecule has 0 aliphatic heterocycles. The van der Waals surface area contributed by atoms with Crippen LogP contribution in [0.3, 0.4) is 0 Å². The van der Waals surface area contributed by atoms with Crippen LogP contribution in [-0.2, 0) is 4.79 Å². The summed E-state index contributed by atoms with van der Waals surface area (Å²) in [5.41, 5.74) is 0. The second-order valence-corrected chi connectivity index (χ2v) is 9.97. The maximum Gasteiger partial charge on any atom is 0.222 e. The lowest BCUT2D eigenvalue weighted by Gasteiger charge is -2.36. The van der Waals surface area contributed by atoms with Gasteiger partial charge in [0, 0.05) is 32.4 Å². The van der Waals surface area contributed by atoms with Gasteiger partial charge in [0.25, 0.3) is 0 Å². The van der Waals surface area contributed by atoms with E-state index in [1.54, 1.807) is 28.2 Å². The van der Waals surface area contributed by atoms with Gasteiger partial charge in [0.15, 0.2) is 0 Å². The fourth-order valence-corrected chi connectivity index (χ4v) is 3.74. The van der Waals surface area contributed by atoms with E-state index in [0.29, 0.717) is 45.4 Å². The van der Waals surface area contributed by atoms with Gasteiger partial charge in [-0.25, -0.2) is 0 Å². The molecular weight excluding hydrogens is 378 g/mol. The molecule has 0 aliphatic rings. The van der Waals surface area contributed by atoms with Crippen molar-refractivity contribution in [1.29, 1.82) is 0 Å². The van der Waals surface area contributed by atoms with E-state index < -0.39 is 0 Å². The smallest absolute Gasteiger partial charge is 0.222 e. The molecule has 180 valence electrons. The zero-order valence-electron chi connectivity index (χ0n) is 20.8. The molecule has 0 heterocycles. The number of nitrogens with zero attached hydrogens (tertiary/aromatic N) is 3. The van der Waals surface area contributed by atoms with Gasteiger partial charge in [-0.2, -0.15) is 0 Å². The number of carbonyl (C=O) groups is 1. The third-order valence-corrected chi connectivity index (χ3v) is 5.60. The molecule has 6 nitrogen and oxygen atoms in total. The summed E-state index contributed by atoms with van der Waals surface area (Å²) >= 11 is 0. The van der Waals surface area contributed by atoms with Gasteiger partial charge in [0.1, 0.15) is 0 Å². The van der Waals surface area contributed by atoms with E-state index in [0.717, 1.165) is 12.8 Å². The van der Waals surface area contributed by atoms with Crippen molar-refractivity contribution < 1.29 is 14.1 Å². The Kier molecular flexibility index (Phi) is 16.5. The van der Waals surface area contributed by atoms with Crippen LogP contribution in [0.2, 0.25) is 0 Å². The minimum absolute atomic E-state index is 0.179. The highest BCUT2D eigenvalue weighted by Gasteiger charge is 2.15. The van der Waals surface area contributed by atoms with Gasteiger partial charge < -0.3 is 24.6 Å². The van der Waals surface area contributed by atoms with Crippen molar-refractivity contribution in [3.05, 3.63) is 10.4 Å². The van der Waals surface area contributed by atoms with Crippen molar-refractivity contribution in [1.82, 2.24) is 4.90 Å². The van der Waals surface area contributed by atoms with Crippen LogP contribution in [0.25, 0.3) is 0 Å². The van der Waals surface area contributed by atoms with Crippen LogP contribution in [0.15, 0.2) is 0 Å². The highest BCUT2D eigenvalue weighted by molar-refractivity contribution is 5.76. The largest absolute Gasteiger partial charge is 0.633 e.